The van der Waals surface area contributed by atoms with Crippen LogP contribution in [0.4, 0.5) is 5.69 Å². The maximum absolute atomic E-state index is 12.8. The van der Waals surface area contributed by atoms with Gasteiger partial charge in [0.15, 0.2) is 0 Å². The van der Waals surface area contributed by atoms with E-state index in [1.54, 1.807) is 0 Å². The number of phenols is 2. The van der Waals surface area contributed by atoms with Crippen LogP contribution in [0.1, 0.15) is 20.7 Å². The average molecular weight is 451 g/mol. The van der Waals surface area contributed by atoms with Crippen LogP contribution in [-0.4, -0.2) is 84.9 Å². The third kappa shape index (κ3) is 4.74. The quantitative estimate of drug-likeness (QED) is 0.256. The molecule has 0 radical (unpaired) electrons. The Hall–Kier alpha value is -3.42. The first-order valence-corrected chi connectivity index (χ1v) is 9.30. The van der Waals surface area contributed by atoms with E-state index in [0.29, 0.717) is 0 Å². The van der Waals surface area contributed by atoms with Gasteiger partial charge in [-0.25, -0.2) is 4.79 Å². The first-order chi connectivity index (χ1) is 15.1. The second-order valence-electron chi connectivity index (χ2n) is 6.98. The van der Waals surface area contributed by atoms with Crippen LogP contribution in [0.2, 0.25) is 0 Å². The van der Waals surface area contributed by atoms with E-state index in [9.17, 15) is 45.3 Å². The maximum atomic E-state index is 12.8. The van der Waals surface area contributed by atoms with E-state index in [0.717, 1.165) is 24.3 Å². The number of carboxylic acids is 1. The average Bonchev–Trinajstić information content (AvgIpc) is 2.76. The number of ether oxygens (including phenoxy) is 2. The zero-order valence-corrected chi connectivity index (χ0v) is 16.3. The van der Waals surface area contributed by atoms with Crippen LogP contribution < -0.4 is 10.1 Å². The number of hydrogen-bond acceptors (Lipinski definition) is 10. The molecule has 0 spiro atoms. The molecule has 1 aliphatic heterocycles. The molecule has 32 heavy (non-hydrogen) atoms. The molecule has 0 aromatic heterocycles. The summed E-state index contributed by atoms with van der Waals surface area (Å²) in [5.41, 5.74) is -0.830. The monoisotopic (exact) mass is 451 g/mol. The molecule has 1 heterocycles. The third-order valence-electron chi connectivity index (χ3n) is 4.78. The third-order valence-corrected chi connectivity index (χ3v) is 4.78. The maximum Gasteiger partial charge on any atom is 0.337 e. The molecule has 1 amide bonds. The number of carboxylic acid groups (broad SMARTS) is 1. The molecule has 2 aromatic rings. The smallest absolute Gasteiger partial charge is 0.337 e. The van der Waals surface area contributed by atoms with Gasteiger partial charge in [0.1, 0.15) is 41.7 Å². The molecule has 1 saturated heterocycles. The Labute approximate surface area is 180 Å². The van der Waals surface area contributed by atoms with Crippen molar-refractivity contribution in [3.8, 4) is 17.2 Å². The van der Waals surface area contributed by atoms with Gasteiger partial charge in [0.2, 0.25) is 6.29 Å². The topological polar surface area (TPSA) is 206 Å². The van der Waals surface area contributed by atoms with Crippen LogP contribution in [0.5, 0.6) is 17.2 Å². The molecule has 0 bridgehead atoms. The number of phenolic OH excluding ortho intramolecular Hbond substituents is 2. The number of aliphatic hydroxyl groups excluding tert-OH is 4. The number of hydrogen-bond donors (Lipinski definition) is 8. The van der Waals surface area contributed by atoms with Crippen molar-refractivity contribution in [2.45, 2.75) is 30.7 Å². The largest absolute Gasteiger partial charge is 0.508 e. The molecule has 1 fully saturated rings. The van der Waals surface area contributed by atoms with E-state index in [1.807, 2.05) is 0 Å². The summed E-state index contributed by atoms with van der Waals surface area (Å²) in [4.78, 5) is 24.2. The minimum absolute atomic E-state index is 0.151. The highest BCUT2D eigenvalue weighted by molar-refractivity contribution is 6.09. The van der Waals surface area contributed by atoms with Gasteiger partial charge in [0, 0.05) is 0 Å². The Balaban J connectivity index is 1.89. The Morgan fingerprint density at radius 3 is 2.19 bits per heavy atom. The molecule has 12 nitrogen and oxygen atoms in total. The summed E-state index contributed by atoms with van der Waals surface area (Å²) in [5.74, 6) is -3.20. The van der Waals surface area contributed by atoms with Gasteiger partial charge in [-0.05, 0) is 36.4 Å². The lowest BCUT2D eigenvalue weighted by molar-refractivity contribution is -0.277. The van der Waals surface area contributed by atoms with Crippen molar-refractivity contribution in [1.82, 2.24) is 0 Å². The highest BCUT2D eigenvalue weighted by Gasteiger charge is 2.45. The number of rotatable bonds is 6. The van der Waals surface area contributed by atoms with Crippen LogP contribution in [0.25, 0.3) is 0 Å². The number of carbonyl (C=O) groups is 2. The van der Waals surface area contributed by atoms with Crippen LogP contribution in [0, 0.1) is 0 Å². The molecular weight excluding hydrogens is 430 g/mol. The van der Waals surface area contributed by atoms with Crippen molar-refractivity contribution >= 4 is 17.6 Å². The fourth-order valence-electron chi connectivity index (χ4n) is 3.10. The molecule has 0 saturated carbocycles. The minimum Gasteiger partial charge on any atom is -0.508 e. The summed E-state index contributed by atoms with van der Waals surface area (Å²) in [6.07, 6.45) is -7.90. The van der Waals surface area contributed by atoms with Crippen LogP contribution in [-0.2, 0) is 4.74 Å². The molecule has 5 atom stereocenters. The first kappa shape index (κ1) is 23.2. The lowest BCUT2D eigenvalue weighted by atomic mass is 9.99. The predicted octanol–water partition coefficient (Wildman–Crippen LogP) is -0.773. The SMILES string of the molecule is O=C(O)c1cc(O)ccc1NC(=O)c1cc(O)ccc1OC1O[C@H](CO)[C@@H](O)[C@H](O)[C@H]1O. The van der Waals surface area contributed by atoms with Crippen LogP contribution in [0.15, 0.2) is 36.4 Å². The van der Waals surface area contributed by atoms with E-state index < -0.39 is 54.8 Å². The molecule has 2 aromatic carbocycles. The fraction of sp³-hybridized carbons (Fsp3) is 0.300. The van der Waals surface area contributed by atoms with Gasteiger partial charge in [-0.1, -0.05) is 0 Å². The van der Waals surface area contributed by atoms with E-state index >= 15 is 0 Å². The number of aromatic hydroxyl groups is 2. The van der Waals surface area contributed by atoms with Gasteiger partial charge in [-0.15, -0.1) is 0 Å². The zero-order valence-electron chi connectivity index (χ0n) is 16.3. The van der Waals surface area contributed by atoms with Crippen molar-refractivity contribution < 1.29 is 54.8 Å². The molecule has 3 rings (SSSR count). The van der Waals surface area contributed by atoms with Crippen molar-refractivity contribution in [2.24, 2.45) is 0 Å². The standard InChI is InChI=1S/C20H21NO11/c22-7-14-15(25)16(26)17(27)20(32-14)31-13-4-2-9(24)6-11(13)18(28)21-12-3-1-8(23)5-10(12)19(29)30/h1-6,14-17,20,22-27H,7H2,(H,21,28)(H,29,30)/t14-,15-,16+,17-,20?/m1/s1. The molecular formula is C20H21NO11. The normalized spacial score (nSPS) is 25.2. The Bertz CT molecular complexity index is 1010. The zero-order chi connectivity index (χ0) is 23.6. The summed E-state index contributed by atoms with van der Waals surface area (Å²) in [5, 5.41) is 70.1. The van der Waals surface area contributed by atoms with E-state index in [4.69, 9.17) is 9.47 Å². The lowest BCUT2D eigenvalue weighted by Gasteiger charge is -2.39. The second-order valence-corrected chi connectivity index (χ2v) is 6.98. The Kier molecular flexibility index (Phi) is 6.81. The predicted molar refractivity (Wildman–Crippen MR) is 106 cm³/mol. The summed E-state index contributed by atoms with van der Waals surface area (Å²) >= 11 is 0. The summed E-state index contributed by atoms with van der Waals surface area (Å²) < 4.78 is 10.7. The van der Waals surface area contributed by atoms with Gasteiger partial charge in [-0.3, -0.25) is 4.79 Å². The van der Waals surface area contributed by atoms with E-state index in [2.05, 4.69) is 5.32 Å². The van der Waals surface area contributed by atoms with Gasteiger partial charge in [0.05, 0.1) is 23.4 Å². The highest BCUT2D eigenvalue weighted by atomic mass is 16.7. The van der Waals surface area contributed by atoms with Gasteiger partial charge in [0.25, 0.3) is 5.91 Å². The number of amides is 1. The number of benzene rings is 2. The number of carbonyl (C=O) groups excluding carboxylic acids is 1. The van der Waals surface area contributed by atoms with E-state index in [1.165, 1.54) is 12.1 Å². The number of aromatic carboxylic acids is 1. The number of anilines is 1. The van der Waals surface area contributed by atoms with Crippen LogP contribution >= 0.6 is 0 Å². The fourth-order valence-corrected chi connectivity index (χ4v) is 3.10. The summed E-state index contributed by atoms with van der Waals surface area (Å²) in [6.45, 7) is -0.688. The molecule has 8 N–H and O–H groups in total. The molecule has 1 unspecified atom stereocenters. The second kappa shape index (κ2) is 9.38. The van der Waals surface area contributed by atoms with E-state index in [-0.39, 0.29) is 28.5 Å². The Morgan fingerprint density at radius 1 is 0.938 bits per heavy atom. The van der Waals surface area contributed by atoms with Crippen molar-refractivity contribution in [2.75, 3.05) is 11.9 Å². The number of nitrogens with one attached hydrogen (secondary N) is 1. The summed E-state index contributed by atoms with van der Waals surface area (Å²) in [7, 11) is 0. The van der Waals surface area contributed by atoms with Crippen LogP contribution in [0.3, 0.4) is 0 Å². The van der Waals surface area contributed by atoms with Crippen molar-refractivity contribution in [3.63, 3.8) is 0 Å². The molecule has 1 aliphatic rings. The number of aliphatic hydroxyl groups is 4. The lowest BCUT2D eigenvalue weighted by Crippen LogP contribution is -2.60. The van der Waals surface area contributed by atoms with Crippen molar-refractivity contribution in [3.05, 3.63) is 47.5 Å². The van der Waals surface area contributed by atoms with Crippen molar-refractivity contribution in [1.29, 1.82) is 0 Å². The van der Waals surface area contributed by atoms with Gasteiger partial charge in [-0.2, -0.15) is 0 Å². The first-order valence-electron chi connectivity index (χ1n) is 9.30. The van der Waals surface area contributed by atoms with Gasteiger partial charge < -0.3 is 50.5 Å². The van der Waals surface area contributed by atoms with Gasteiger partial charge >= 0.3 is 5.97 Å². The summed E-state index contributed by atoms with van der Waals surface area (Å²) in [6, 6.07) is 6.61. The minimum atomic E-state index is -1.74. The Morgan fingerprint density at radius 2 is 1.56 bits per heavy atom. The molecule has 172 valence electrons. The molecule has 12 heteroatoms. The molecule has 0 aliphatic carbocycles. The highest BCUT2D eigenvalue weighted by Crippen LogP contribution is 2.30.